The number of nitrogens with one attached hydrogen (secondary N) is 1. The third-order valence-electron chi connectivity index (χ3n) is 4.25. The molecule has 1 amide bonds. The van der Waals surface area contributed by atoms with Gasteiger partial charge >= 0.3 is 6.18 Å². The number of amides is 1. The number of fused-ring (bicyclic) bond motifs is 1. The van der Waals surface area contributed by atoms with Crippen LogP contribution in [0.3, 0.4) is 0 Å². The SMILES string of the molecule is O=C(c1ccc(C(F)(F)F)cn1)N1CCCC2CNCC21. The Kier molecular flexibility index (Phi) is 3.61. The number of hydrogen-bond acceptors (Lipinski definition) is 3. The number of alkyl halides is 3. The van der Waals surface area contributed by atoms with Gasteiger partial charge in [0.25, 0.3) is 5.91 Å². The molecule has 21 heavy (non-hydrogen) atoms. The van der Waals surface area contributed by atoms with E-state index in [4.69, 9.17) is 0 Å². The van der Waals surface area contributed by atoms with Crippen molar-refractivity contribution >= 4 is 5.91 Å². The van der Waals surface area contributed by atoms with Crippen molar-refractivity contribution in [1.29, 1.82) is 0 Å². The van der Waals surface area contributed by atoms with Gasteiger partial charge in [0.1, 0.15) is 5.69 Å². The molecule has 0 radical (unpaired) electrons. The maximum Gasteiger partial charge on any atom is 0.417 e. The molecule has 0 spiro atoms. The fraction of sp³-hybridized carbons (Fsp3) is 0.571. The van der Waals surface area contributed by atoms with E-state index in [2.05, 4.69) is 10.3 Å². The zero-order valence-electron chi connectivity index (χ0n) is 11.4. The molecule has 2 saturated heterocycles. The standard InChI is InChI=1S/C14H16F3N3O/c15-14(16,17)10-3-4-11(19-7-10)13(21)20-5-1-2-9-6-18-8-12(9)20/h3-4,7,9,12,18H,1-2,5-6,8H2. The van der Waals surface area contributed by atoms with Gasteiger partial charge < -0.3 is 10.2 Å². The van der Waals surface area contributed by atoms with Gasteiger partial charge in [-0.1, -0.05) is 0 Å². The van der Waals surface area contributed by atoms with Gasteiger partial charge in [0, 0.05) is 31.9 Å². The van der Waals surface area contributed by atoms with Crippen molar-refractivity contribution in [2.45, 2.75) is 25.1 Å². The molecule has 3 rings (SSSR count). The van der Waals surface area contributed by atoms with Crippen molar-refractivity contribution in [2.24, 2.45) is 5.92 Å². The third-order valence-corrected chi connectivity index (χ3v) is 4.25. The quantitative estimate of drug-likeness (QED) is 0.862. The van der Waals surface area contributed by atoms with Crippen molar-refractivity contribution < 1.29 is 18.0 Å². The summed E-state index contributed by atoms with van der Waals surface area (Å²) in [5.74, 6) is 0.166. The lowest BCUT2D eigenvalue weighted by Gasteiger charge is -2.36. The van der Waals surface area contributed by atoms with E-state index in [0.717, 1.165) is 44.3 Å². The summed E-state index contributed by atoms with van der Waals surface area (Å²) in [4.78, 5) is 17.9. The molecule has 4 nitrogen and oxygen atoms in total. The third kappa shape index (κ3) is 2.74. The maximum absolute atomic E-state index is 12.5. The Hall–Kier alpha value is -1.63. The van der Waals surface area contributed by atoms with E-state index in [1.165, 1.54) is 0 Å². The second-order valence-corrected chi connectivity index (χ2v) is 5.56. The Labute approximate surface area is 120 Å². The summed E-state index contributed by atoms with van der Waals surface area (Å²) in [6.07, 6.45) is -1.70. The monoisotopic (exact) mass is 299 g/mol. The summed E-state index contributed by atoms with van der Waals surface area (Å²) < 4.78 is 37.5. The maximum atomic E-state index is 12.5. The molecular formula is C14H16F3N3O. The number of aromatic nitrogens is 1. The molecule has 0 saturated carbocycles. The molecule has 114 valence electrons. The van der Waals surface area contributed by atoms with E-state index in [1.54, 1.807) is 4.90 Å². The highest BCUT2D eigenvalue weighted by atomic mass is 19.4. The van der Waals surface area contributed by atoms with Gasteiger partial charge in [-0.3, -0.25) is 9.78 Å². The molecule has 1 N–H and O–H groups in total. The number of rotatable bonds is 1. The van der Waals surface area contributed by atoms with Crippen LogP contribution in [0.2, 0.25) is 0 Å². The number of hydrogen-bond donors (Lipinski definition) is 1. The highest BCUT2D eigenvalue weighted by Crippen LogP contribution is 2.30. The van der Waals surface area contributed by atoms with Gasteiger partial charge in [-0.25, -0.2) is 0 Å². The fourth-order valence-electron chi connectivity index (χ4n) is 3.16. The molecule has 1 aromatic heterocycles. The van der Waals surface area contributed by atoms with Crippen molar-refractivity contribution in [3.63, 3.8) is 0 Å². The molecule has 2 atom stereocenters. The number of halogens is 3. The van der Waals surface area contributed by atoms with Crippen molar-refractivity contribution in [2.75, 3.05) is 19.6 Å². The minimum Gasteiger partial charge on any atom is -0.333 e. The smallest absolute Gasteiger partial charge is 0.333 e. The van der Waals surface area contributed by atoms with Crippen LogP contribution >= 0.6 is 0 Å². The topological polar surface area (TPSA) is 45.2 Å². The molecule has 2 aliphatic rings. The van der Waals surface area contributed by atoms with E-state index in [1.807, 2.05) is 0 Å². The molecule has 0 bridgehead atoms. The van der Waals surface area contributed by atoms with Crippen molar-refractivity contribution in [3.05, 3.63) is 29.6 Å². The van der Waals surface area contributed by atoms with Crippen LogP contribution in [0, 0.1) is 5.92 Å². The van der Waals surface area contributed by atoms with Gasteiger partial charge in [0.05, 0.1) is 5.56 Å². The largest absolute Gasteiger partial charge is 0.417 e. The van der Waals surface area contributed by atoms with E-state index < -0.39 is 11.7 Å². The zero-order valence-corrected chi connectivity index (χ0v) is 11.4. The number of piperidine rings is 1. The number of carbonyl (C=O) groups is 1. The average molecular weight is 299 g/mol. The predicted molar refractivity (Wildman–Crippen MR) is 69.7 cm³/mol. The summed E-state index contributed by atoms with van der Waals surface area (Å²) >= 11 is 0. The molecule has 2 unspecified atom stereocenters. The van der Waals surface area contributed by atoms with Gasteiger partial charge in [0.2, 0.25) is 0 Å². The Morgan fingerprint density at radius 3 is 2.81 bits per heavy atom. The Balaban J connectivity index is 1.78. The predicted octanol–water partition coefficient (Wildman–Crippen LogP) is 1.92. The zero-order chi connectivity index (χ0) is 15.0. The second-order valence-electron chi connectivity index (χ2n) is 5.56. The molecule has 1 aromatic rings. The summed E-state index contributed by atoms with van der Waals surface area (Å²) in [5, 5.41) is 3.27. The van der Waals surface area contributed by atoms with Gasteiger partial charge in [-0.2, -0.15) is 13.2 Å². The van der Waals surface area contributed by atoms with Crippen LogP contribution in [-0.2, 0) is 6.18 Å². The normalized spacial score (nSPS) is 25.8. The van der Waals surface area contributed by atoms with E-state index >= 15 is 0 Å². The van der Waals surface area contributed by atoms with Crippen LogP contribution in [0.4, 0.5) is 13.2 Å². The number of likely N-dealkylation sites (tertiary alicyclic amines) is 1. The van der Waals surface area contributed by atoms with Crippen LogP contribution in [0.15, 0.2) is 18.3 Å². The first-order valence-electron chi connectivity index (χ1n) is 7.02. The Bertz CT molecular complexity index is 529. The fourth-order valence-corrected chi connectivity index (χ4v) is 3.16. The van der Waals surface area contributed by atoms with E-state index in [9.17, 15) is 18.0 Å². The summed E-state index contributed by atoms with van der Waals surface area (Å²) in [7, 11) is 0. The number of nitrogens with zero attached hydrogens (tertiary/aromatic N) is 2. The van der Waals surface area contributed by atoms with Crippen molar-refractivity contribution in [3.8, 4) is 0 Å². The number of carbonyl (C=O) groups excluding carboxylic acids is 1. The van der Waals surface area contributed by atoms with Crippen molar-refractivity contribution in [1.82, 2.24) is 15.2 Å². The molecule has 0 aromatic carbocycles. The van der Waals surface area contributed by atoms with Gasteiger partial charge in [-0.05, 0) is 30.9 Å². The highest BCUT2D eigenvalue weighted by Gasteiger charge is 2.38. The molecule has 7 heteroatoms. The minimum absolute atomic E-state index is 0.0792. The lowest BCUT2D eigenvalue weighted by atomic mass is 9.92. The van der Waals surface area contributed by atoms with Crippen LogP contribution in [0.5, 0.6) is 0 Å². The molecule has 2 aliphatic heterocycles. The molecule has 0 aliphatic carbocycles. The Morgan fingerprint density at radius 2 is 2.14 bits per heavy atom. The van der Waals surface area contributed by atoms with Crippen LogP contribution in [0.25, 0.3) is 0 Å². The Morgan fingerprint density at radius 1 is 1.33 bits per heavy atom. The minimum atomic E-state index is -4.43. The molecule has 2 fully saturated rings. The lowest BCUT2D eigenvalue weighted by molar-refractivity contribution is -0.137. The highest BCUT2D eigenvalue weighted by molar-refractivity contribution is 5.92. The summed E-state index contributed by atoms with van der Waals surface area (Å²) in [5.41, 5.74) is -0.756. The first-order valence-corrected chi connectivity index (χ1v) is 7.02. The van der Waals surface area contributed by atoms with E-state index in [0.29, 0.717) is 12.5 Å². The van der Waals surface area contributed by atoms with Gasteiger partial charge in [0.15, 0.2) is 0 Å². The van der Waals surface area contributed by atoms with E-state index in [-0.39, 0.29) is 17.6 Å². The molecular weight excluding hydrogens is 283 g/mol. The summed E-state index contributed by atoms with van der Waals surface area (Å²) in [6, 6.07) is 2.21. The average Bonchev–Trinajstić information content (AvgIpc) is 2.94. The molecule has 3 heterocycles. The first-order chi connectivity index (χ1) is 9.97. The second kappa shape index (κ2) is 5.29. The van der Waals surface area contributed by atoms with Gasteiger partial charge in [-0.15, -0.1) is 0 Å². The van der Waals surface area contributed by atoms with Crippen LogP contribution in [0.1, 0.15) is 28.9 Å². The van der Waals surface area contributed by atoms with Crippen LogP contribution in [-0.4, -0.2) is 41.5 Å². The lowest BCUT2D eigenvalue weighted by Crippen LogP contribution is -2.48. The van der Waals surface area contributed by atoms with Crippen LogP contribution < -0.4 is 5.32 Å². The summed E-state index contributed by atoms with van der Waals surface area (Å²) in [6.45, 7) is 2.29. The first kappa shape index (κ1) is 14.3. The number of pyridine rings is 1.